The Morgan fingerprint density at radius 2 is 1.96 bits per heavy atom. The Kier molecular flexibility index (Phi) is 4.86. The molecule has 0 aliphatic rings. The van der Waals surface area contributed by atoms with Crippen molar-refractivity contribution in [1.82, 2.24) is 15.0 Å². The van der Waals surface area contributed by atoms with Gasteiger partial charge in [-0.1, -0.05) is 12.1 Å². The van der Waals surface area contributed by atoms with E-state index in [0.29, 0.717) is 11.8 Å². The third-order valence-corrected chi connectivity index (χ3v) is 3.39. The summed E-state index contributed by atoms with van der Waals surface area (Å²) in [6, 6.07) is 13.5. The first kappa shape index (κ1) is 15.7. The van der Waals surface area contributed by atoms with Crippen LogP contribution in [0.25, 0.3) is 11.3 Å². The van der Waals surface area contributed by atoms with Gasteiger partial charge in [0, 0.05) is 30.6 Å². The number of hydrogen-bond donors (Lipinski definition) is 2. The highest BCUT2D eigenvalue weighted by Crippen LogP contribution is 2.28. The van der Waals surface area contributed by atoms with Crippen LogP contribution >= 0.6 is 0 Å². The number of aromatic nitrogens is 3. The fraction of sp³-hybridized carbons (Fsp3) is 0.167. The molecule has 6 nitrogen and oxygen atoms in total. The van der Waals surface area contributed by atoms with Crippen molar-refractivity contribution in [2.45, 2.75) is 6.92 Å². The number of methoxy groups -OCH3 is 1. The van der Waals surface area contributed by atoms with E-state index in [0.717, 1.165) is 29.2 Å². The van der Waals surface area contributed by atoms with Crippen LogP contribution in [-0.4, -0.2) is 28.6 Å². The standard InChI is InChI=1S/C18H19N5O/c1-3-20-18-22-15(13-7-6-10-19-12-13)11-17(23-18)21-14-8-4-5-9-16(14)24-2/h4-12H,3H2,1-2H3,(H2,20,21,22,23). The number of anilines is 3. The highest BCUT2D eigenvalue weighted by molar-refractivity contribution is 5.69. The van der Waals surface area contributed by atoms with Gasteiger partial charge < -0.3 is 15.4 Å². The maximum absolute atomic E-state index is 5.38. The Bertz CT molecular complexity index is 808. The van der Waals surface area contributed by atoms with E-state index in [4.69, 9.17) is 4.74 Å². The van der Waals surface area contributed by atoms with E-state index < -0.39 is 0 Å². The molecule has 1 aromatic carbocycles. The molecule has 0 atom stereocenters. The van der Waals surface area contributed by atoms with Crippen LogP contribution in [-0.2, 0) is 0 Å². The highest BCUT2D eigenvalue weighted by Gasteiger charge is 2.09. The van der Waals surface area contributed by atoms with Crippen molar-refractivity contribution in [1.29, 1.82) is 0 Å². The lowest BCUT2D eigenvalue weighted by Crippen LogP contribution is -2.05. The second-order valence-corrected chi connectivity index (χ2v) is 5.06. The maximum Gasteiger partial charge on any atom is 0.225 e. The van der Waals surface area contributed by atoms with Crippen LogP contribution in [0.1, 0.15) is 6.92 Å². The molecule has 2 N–H and O–H groups in total. The van der Waals surface area contributed by atoms with Crippen LogP contribution in [0.5, 0.6) is 5.75 Å². The molecule has 24 heavy (non-hydrogen) atoms. The lowest BCUT2D eigenvalue weighted by Gasteiger charge is -2.13. The summed E-state index contributed by atoms with van der Waals surface area (Å²) in [6.07, 6.45) is 3.52. The van der Waals surface area contributed by atoms with E-state index in [1.807, 2.05) is 49.4 Å². The van der Waals surface area contributed by atoms with Gasteiger partial charge >= 0.3 is 0 Å². The second kappa shape index (κ2) is 7.41. The maximum atomic E-state index is 5.38. The molecule has 0 aliphatic carbocycles. The van der Waals surface area contributed by atoms with Gasteiger partial charge in [-0.05, 0) is 31.2 Å². The zero-order valence-corrected chi connectivity index (χ0v) is 13.7. The summed E-state index contributed by atoms with van der Waals surface area (Å²) >= 11 is 0. The van der Waals surface area contributed by atoms with Gasteiger partial charge in [0.2, 0.25) is 5.95 Å². The number of rotatable bonds is 6. The summed E-state index contributed by atoms with van der Waals surface area (Å²) in [5.74, 6) is 2.00. The van der Waals surface area contributed by atoms with Gasteiger partial charge in [0.05, 0.1) is 18.5 Å². The summed E-state index contributed by atoms with van der Waals surface area (Å²) < 4.78 is 5.38. The molecule has 2 heterocycles. The fourth-order valence-corrected chi connectivity index (χ4v) is 2.30. The minimum absolute atomic E-state index is 0.566. The number of ether oxygens (including phenoxy) is 1. The first-order chi connectivity index (χ1) is 11.8. The molecule has 0 spiro atoms. The summed E-state index contributed by atoms with van der Waals surface area (Å²) in [5.41, 5.74) is 2.58. The Morgan fingerprint density at radius 1 is 1.08 bits per heavy atom. The molecule has 2 aromatic heterocycles. The monoisotopic (exact) mass is 321 g/mol. The number of pyridine rings is 1. The Hall–Kier alpha value is -3.15. The van der Waals surface area contributed by atoms with Crippen molar-refractivity contribution in [2.75, 3.05) is 24.3 Å². The van der Waals surface area contributed by atoms with E-state index in [2.05, 4.69) is 25.6 Å². The molecular weight excluding hydrogens is 302 g/mol. The van der Waals surface area contributed by atoms with E-state index >= 15 is 0 Å². The number of hydrogen-bond acceptors (Lipinski definition) is 6. The molecule has 0 aliphatic heterocycles. The zero-order chi connectivity index (χ0) is 16.8. The zero-order valence-electron chi connectivity index (χ0n) is 13.7. The van der Waals surface area contributed by atoms with E-state index in [-0.39, 0.29) is 0 Å². The molecule has 0 fully saturated rings. The van der Waals surface area contributed by atoms with Gasteiger partial charge in [0.1, 0.15) is 11.6 Å². The lowest BCUT2D eigenvalue weighted by atomic mass is 10.2. The van der Waals surface area contributed by atoms with E-state index in [9.17, 15) is 0 Å². The largest absolute Gasteiger partial charge is 0.495 e. The van der Waals surface area contributed by atoms with Gasteiger partial charge in [0.15, 0.2) is 0 Å². The first-order valence-corrected chi connectivity index (χ1v) is 7.73. The van der Waals surface area contributed by atoms with Gasteiger partial charge in [0.25, 0.3) is 0 Å². The topological polar surface area (TPSA) is 72.0 Å². The summed E-state index contributed by atoms with van der Waals surface area (Å²) in [5, 5.41) is 6.45. The average Bonchev–Trinajstić information content (AvgIpc) is 2.63. The van der Waals surface area contributed by atoms with Gasteiger partial charge in [-0.25, -0.2) is 4.98 Å². The minimum atomic E-state index is 0.566. The number of nitrogens with one attached hydrogen (secondary N) is 2. The molecule has 0 saturated heterocycles. The van der Waals surface area contributed by atoms with Crippen molar-refractivity contribution in [3.8, 4) is 17.0 Å². The first-order valence-electron chi connectivity index (χ1n) is 7.73. The summed E-state index contributed by atoms with van der Waals surface area (Å²) in [4.78, 5) is 13.2. The van der Waals surface area contributed by atoms with Crippen LogP contribution in [0.15, 0.2) is 54.9 Å². The quantitative estimate of drug-likeness (QED) is 0.721. The summed E-state index contributed by atoms with van der Waals surface area (Å²) in [7, 11) is 1.64. The average molecular weight is 321 g/mol. The molecule has 3 aromatic rings. The van der Waals surface area contributed by atoms with Crippen LogP contribution in [0, 0.1) is 0 Å². The smallest absolute Gasteiger partial charge is 0.225 e. The highest BCUT2D eigenvalue weighted by atomic mass is 16.5. The molecule has 0 saturated carbocycles. The molecule has 122 valence electrons. The lowest BCUT2D eigenvalue weighted by molar-refractivity contribution is 0.417. The molecule has 0 amide bonds. The molecule has 0 unspecified atom stereocenters. The predicted molar refractivity (Wildman–Crippen MR) is 95.7 cm³/mol. The Balaban J connectivity index is 1.99. The normalized spacial score (nSPS) is 10.2. The van der Waals surface area contributed by atoms with Gasteiger partial charge in [-0.2, -0.15) is 4.98 Å². The number of nitrogens with zero attached hydrogens (tertiary/aromatic N) is 3. The molecule has 0 bridgehead atoms. The Morgan fingerprint density at radius 3 is 2.71 bits per heavy atom. The van der Waals surface area contributed by atoms with Crippen LogP contribution < -0.4 is 15.4 Å². The molecule has 3 rings (SSSR count). The van der Waals surface area contributed by atoms with Gasteiger partial charge in [-0.3, -0.25) is 4.98 Å². The summed E-state index contributed by atoms with van der Waals surface area (Å²) in [6.45, 7) is 2.75. The van der Waals surface area contributed by atoms with Crippen LogP contribution in [0.2, 0.25) is 0 Å². The van der Waals surface area contributed by atoms with Crippen molar-refractivity contribution >= 4 is 17.5 Å². The van der Waals surface area contributed by atoms with Crippen molar-refractivity contribution in [2.24, 2.45) is 0 Å². The van der Waals surface area contributed by atoms with E-state index in [1.54, 1.807) is 19.5 Å². The van der Waals surface area contributed by atoms with Crippen LogP contribution in [0.4, 0.5) is 17.5 Å². The number of benzene rings is 1. The van der Waals surface area contributed by atoms with E-state index in [1.165, 1.54) is 0 Å². The molecular formula is C18H19N5O. The fourth-order valence-electron chi connectivity index (χ4n) is 2.30. The van der Waals surface area contributed by atoms with Crippen molar-refractivity contribution in [3.63, 3.8) is 0 Å². The Labute approximate surface area is 141 Å². The van der Waals surface area contributed by atoms with Crippen LogP contribution in [0.3, 0.4) is 0 Å². The SMILES string of the molecule is CCNc1nc(Nc2ccccc2OC)cc(-c2cccnc2)n1. The predicted octanol–water partition coefficient (Wildman–Crippen LogP) is 3.72. The second-order valence-electron chi connectivity index (χ2n) is 5.06. The molecule has 0 radical (unpaired) electrons. The minimum Gasteiger partial charge on any atom is -0.495 e. The van der Waals surface area contributed by atoms with Gasteiger partial charge in [-0.15, -0.1) is 0 Å². The van der Waals surface area contributed by atoms with Crippen molar-refractivity contribution in [3.05, 3.63) is 54.9 Å². The number of para-hydroxylation sites is 2. The molecule has 6 heteroatoms. The third kappa shape index (κ3) is 3.60. The van der Waals surface area contributed by atoms with Crippen molar-refractivity contribution < 1.29 is 4.74 Å². The third-order valence-electron chi connectivity index (χ3n) is 3.39.